The van der Waals surface area contributed by atoms with Gasteiger partial charge in [-0.05, 0) is 66.6 Å². The third-order valence-electron chi connectivity index (χ3n) is 6.44. The van der Waals surface area contributed by atoms with Gasteiger partial charge in [-0.25, -0.2) is 0 Å². The SMILES string of the molecule is COc1ccc(CN2C(=O)C(C)(c3cc(C(=O)N(C)C)ccc3Cl)c3cc(Cl)ccc32)c(OC)c1. The molecule has 35 heavy (non-hydrogen) atoms. The number of nitrogens with zero attached hydrogens (tertiary/aromatic N) is 2. The highest BCUT2D eigenvalue weighted by atomic mass is 35.5. The summed E-state index contributed by atoms with van der Waals surface area (Å²) in [5.74, 6) is 0.912. The Morgan fingerprint density at radius 2 is 1.71 bits per heavy atom. The number of halogens is 2. The van der Waals surface area contributed by atoms with Gasteiger partial charge in [0.1, 0.15) is 16.9 Å². The molecule has 0 aliphatic carbocycles. The zero-order valence-electron chi connectivity index (χ0n) is 20.2. The molecule has 1 aliphatic heterocycles. The minimum atomic E-state index is -1.15. The van der Waals surface area contributed by atoms with E-state index >= 15 is 0 Å². The van der Waals surface area contributed by atoms with E-state index < -0.39 is 5.41 Å². The van der Waals surface area contributed by atoms with E-state index in [1.165, 1.54) is 4.90 Å². The summed E-state index contributed by atoms with van der Waals surface area (Å²) in [6, 6.07) is 15.9. The Kier molecular flexibility index (Phi) is 6.71. The first-order valence-corrected chi connectivity index (χ1v) is 11.7. The Hall–Kier alpha value is -3.22. The maximum Gasteiger partial charge on any atom is 0.253 e. The van der Waals surface area contributed by atoms with Crippen LogP contribution < -0.4 is 14.4 Å². The summed E-state index contributed by atoms with van der Waals surface area (Å²) in [5.41, 5.74) is 2.10. The van der Waals surface area contributed by atoms with Crippen molar-refractivity contribution in [2.24, 2.45) is 0 Å². The number of hydrogen-bond donors (Lipinski definition) is 0. The van der Waals surface area contributed by atoms with Gasteiger partial charge in [0, 0.05) is 47.0 Å². The van der Waals surface area contributed by atoms with Crippen LogP contribution in [0.5, 0.6) is 11.5 Å². The number of carbonyl (C=O) groups is 2. The van der Waals surface area contributed by atoms with Gasteiger partial charge in [-0.3, -0.25) is 9.59 Å². The molecule has 4 rings (SSSR count). The quantitative estimate of drug-likeness (QED) is 0.433. The van der Waals surface area contributed by atoms with Gasteiger partial charge in [-0.15, -0.1) is 0 Å². The largest absolute Gasteiger partial charge is 0.497 e. The van der Waals surface area contributed by atoms with E-state index in [9.17, 15) is 9.59 Å². The van der Waals surface area contributed by atoms with Gasteiger partial charge in [0.2, 0.25) is 5.91 Å². The first-order valence-electron chi connectivity index (χ1n) is 11.0. The summed E-state index contributed by atoms with van der Waals surface area (Å²) in [4.78, 5) is 30.0. The third-order valence-corrected chi connectivity index (χ3v) is 7.01. The van der Waals surface area contributed by atoms with E-state index in [2.05, 4.69) is 0 Å². The van der Waals surface area contributed by atoms with Crippen LogP contribution in [0.4, 0.5) is 5.69 Å². The minimum Gasteiger partial charge on any atom is -0.497 e. The first kappa shape index (κ1) is 24.9. The van der Waals surface area contributed by atoms with Crippen LogP contribution in [-0.2, 0) is 16.8 Å². The summed E-state index contributed by atoms with van der Waals surface area (Å²) in [7, 11) is 6.52. The molecule has 3 aromatic rings. The van der Waals surface area contributed by atoms with E-state index in [0.29, 0.717) is 32.7 Å². The van der Waals surface area contributed by atoms with Crippen molar-refractivity contribution in [1.29, 1.82) is 0 Å². The molecule has 182 valence electrons. The zero-order valence-corrected chi connectivity index (χ0v) is 21.7. The van der Waals surface area contributed by atoms with Crippen molar-refractivity contribution in [2.45, 2.75) is 18.9 Å². The van der Waals surface area contributed by atoms with Gasteiger partial charge < -0.3 is 19.3 Å². The van der Waals surface area contributed by atoms with Gasteiger partial charge in [0.05, 0.1) is 20.8 Å². The summed E-state index contributed by atoms with van der Waals surface area (Å²) in [6.45, 7) is 2.09. The highest BCUT2D eigenvalue weighted by Crippen LogP contribution is 2.49. The lowest BCUT2D eigenvalue weighted by Gasteiger charge is -2.27. The number of hydrogen-bond acceptors (Lipinski definition) is 4. The molecule has 0 aromatic heterocycles. The molecule has 0 saturated carbocycles. The van der Waals surface area contributed by atoms with Crippen molar-refractivity contribution in [3.63, 3.8) is 0 Å². The molecule has 1 atom stereocenters. The van der Waals surface area contributed by atoms with Crippen LogP contribution in [0.3, 0.4) is 0 Å². The fourth-order valence-corrected chi connectivity index (χ4v) is 4.99. The molecule has 0 spiro atoms. The Balaban J connectivity index is 1.86. The number of methoxy groups -OCH3 is 2. The summed E-state index contributed by atoms with van der Waals surface area (Å²) >= 11 is 13.0. The number of anilines is 1. The van der Waals surface area contributed by atoms with E-state index in [0.717, 1.165) is 16.8 Å². The average molecular weight is 513 g/mol. The lowest BCUT2D eigenvalue weighted by atomic mass is 9.76. The van der Waals surface area contributed by atoms with E-state index in [1.54, 1.807) is 69.6 Å². The molecule has 6 nitrogen and oxygen atoms in total. The molecule has 1 heterocycles. The molecule has 2 amide bonds. The number of fused-ring (bicyclic) bond motifs is 1. The lowest BCUT2D eigenvalue weighted by molar-refractivity contribution is -0.121. The van der Waals surface area contributed by atoms with Gasteiger partial charge in [-0.1, -0.05) is 23.2 Å². The highest BCUT2D eigenvalue weighted by molar-refractivity contribution is 6.33. The van der Waals surface area contributed by atoms with Crippen molar-refractivity contribution >= 4 is 40.7 Å². The normalized spacial score (nSPS) is 16.8. The predicted octanol–water partition coefficient (Wildman–Crippen LogP) is 5.57. The van der Waals surface area contributed by atoms with Crippen LogP contribution in [-0.4, -0.2) is 45.0 Å². The Labute approximate surface area is 215 Å². The zero-order chi connectivity index (χ0) is 25.5. The average Bonchev–Trinajstić information content (AvgIpc) is 3.05. The standard InChI is InChI=1S/C27H26Cl2N2O4/c1-27(20-12-16(7-10-22(20)29)25(32)30(2)3)21-13-18(28)8-11-23(21)31(26(27)33)15-17-6-9-19(34-4)14-24(17)35-5/h6-14H,15H2,1-5H3. The van der Waals surface area contributed by atoms with Crippen molar-refractivity contribution < 1.29 is 19.1 Å². The van der Waals surface area contributed by atoms with Gasteiger partial charge >= 0.3 is 0 Å². The number of carbonyl (C=O) groups excluding carboxylic acids is 2. The minimum absolute atomic E-state index is 0.177. The number of benzene rings is 3. The molecule has 3 aromatic carbocycles. The molecule has 0 radical (unpaired) electrons. The Bertz CT molecular complexity index is 1320. The van der Waals surface area contributed by atoms with Gasteiger partial charge in [-0.2, -0.15) is 0 Å². The van der Waals surface area contributed by atoms with Crippen LogP contribution >= 0.6 is 23.2 Å². The Morgan fingerprint density at radius 3 is 2.37 bits per heavy atom. The molecular formula is C27H26Cl2N2O4. The highest BCUT2D eigenvalue weighted by Gasteiger charge is 2.50. The second kappa shape index (κ2) is 9.44. The lowest BCUT2D eigenvalue weighted by Crippen LogP contribution is -2.39. The van der Waals surface area contributed by atoms with Gasteiger partial charge in [0.15, 0.2) is 0 Å². The second-order valence-electron chi connectivity index (χ2n) is 8.75. The van der Waals surface area contributed by atoms with Crippen LogP contribution in [0, 0.1) is 0 Å². The second-order valence-corrected chi connectivity index (χ2v) is 9.59. The molecule has 0 saturated heterocycles. The number of ether oxygens (including phenoxy) is 2. The molecular weight excluding hydrogens is 487 g/mol. The number of rotatable bonds is 6. The maximum absolute atomic E-state index is 14.2. The fraction of sp³-hybridized carbons (Fsp3) is 0.259. The van der Waals surface area contributed by atoms with E-state index in [1.807, 2.05) is 25.1 Å². The summed E-state index contributed by atoms with van der Waals surface area (Å²) in [6.07, 6.45) is 0. The molecule has 0 N–H and O–H groups in total. The van der Waals surface area contributed by atoms with Crippen molar-refractivity contribution in [1.82, 2.24) is 4.90 Å². The molecule has 0 bridgehead atoms. The fourth-order valence-electron chi connectivity index (χ4n) is 4.51. The molecule has 0 fully saturated rings. The van der Waals surface area contributed by atoms with Crippen LogP contribution in [0.1, 0.15) is 34.0 Å². The summed E-state index contributed by atoms with van der Waals surface area (Å²) in [5, 5.41) is 0.897. The number of amides is 2. The molecule has 1 unspecified atom stereocenters. The monoisotopic (exact) mass is 512 g/mol. The summed E-state index contributed by atoms with van der Waals surface area (Å²) < 4.78 is 10.9. The van der Waals surface area contributed by atoms with Crippen molar-refractivity contribution in [3.05, 3.63) is 86.9 Å². The molecule has 8 heteroatoms. The first-order chi connectivity index (χ1) is 16.6. The predicted molar refractivity (Wildman–Crippen MR) is 138 cm³/mol. The van der Waals surface area contributed by atoms with Crippen molar-refractivity contribution in [3.8, 4) is 11.5 Å². The van der Waals surface area contributed by atoms with E-state index in [4.69, 9.17) is 32.7 Å². The maximum atomic E-state index is 14.2. The molecule has 1 aliphatic rings. The van der Waals surface area contributed by atoms with Crippen LogP contribution in [0.25, 0.3) is 0 Å². The van der Waals surface area contributed by atoms with Crippen LogP contribution in [0.15, 0.2) is 54.6 Å². The van der Waals surface area contributed by atoms with E-state index in [-0.39, 0.29) is 18.4 Å². The smallest absolute Gasteiger partial charge is 0.253 e. The topological polar surface area (TPSA) is 59.1 Å². The Morgan fingerprint density at radius 1 is 0.971 bits per heavy atom. The third kappa shape index (κ3) is 4.21. The van der Waals surface area contributed by atoms with Gasteiger partial charge in [0.25, 0.3) is 5.91 Å². The van der Waals surface area contributed by atoms with Crippen LogP contribution in [0.2, 0.25) is 10.0 Å². The van der Waals surface area contributed by atoms with Crippen molar-refractivity contribution in [2.75, 3.05) is 33.2 Å².